The van der Waals surface area contributed by atoms with Gasteiger partial charge in [0.1, 0.15) is 53.7 Å². The molecule has 424 valence electrons. The van der Waals surface area contributed by atoms with Gasteiger partial charge in [0.2, 0.25) is 0 Å². The van der Waals surface area contributed by atoms with Crippen LogP contribution in [0.1, 0.15) is 57.7 Å². The summed E-state index contributed by atoms with van der Waals surface area (Å²) in [5, 5.41) is 8.63. The van der Waals surface area contributed by atoms with E-state index in [1.807, 2.05) is 41.5 Å². The summed E-state index contributed by atoms with van der Waals surface area (Å²) in [7, 11) is 0. The molecule has 3 amide bonds. The number of aromatic nitrogens is 4. The van der Waals surface area contributed by atoms with Crippen LogP contribution in [0.15, 0.2) is 30.9 Å². The topological polar surface area (TPSA) is 185 Å². The Hall–Kier alpha value is -5.01. The molecule has 0 saturated carbocycles. The summed E-state index contributed by atoms with van der Waals surface area (Å²) in [6.07, 6.45) is 4.18. The average Bonchev–Trinajstić information content (AvgIpc) is 3.61. The first-order valence-corrected chi connectivity index (χ1v) is 26.0. The van der Waals surface area contributed by atoms with Crippen molar-refractivity contribution in [1.29, 1.82) is 0 Å². The van der Waals surface area contributed by atoms with E-state index in [2.05, 4.69) is 50.5 Å². The van der Waals surface area contributed by atoms with Gasteiger partial charge >= 0.3 is 12.2 Å². The Balaban J connectivity index is 0.000000172. The second-order valence-corrected chi connectivity index (χ2v) is 22.9. The summed E-state index contributed by atoms with van der Waals surface area (Å²) in [5.74, 6) is 1.50. The number of aldehydes is 1. The maximum Gasteiger partial charge on any atom is 0.410 e. The lowest BCUT2D eigenvalue weighted by molar-refractivity contribution is -0.115. The Morgan fingerprint density at radius 1 is 0.671 bits per heavy atom. The number of hydrogen-bond donors (Lipinski definition) is 3. The highest BCUT2D eigenvalue weighted by atomic mass is 35.5. The van der Waals surface area contributed by atoms with Crippen LogP contribution in [0, 0.1) is 36.4 Å². The highest BCUT2D eigenvalue weighted by Gasteiger charge is 2.38. The monoisotopic (exact) mass is 1100 g/mol. The number of halogens is 6. The smallest absolute Gasteiger partial charge is 0.410 e. The fourth-order valence-electron chi connectivity index (χ4n) is 8.95. The predicted molar refractivity (Wildman–Crippen MR) is 280 cm³/mol. The number of fused-ring (bicyclic) bond motifs is 1. The predicted octanol–water partition coefficient (Wildman–Crippen LogP) is 4.68. The normalized spacial score (nSPS) is 20.9. The zero-order valence-electron chi connectivity index (χ0n) is 44.7. The number of amides is 3. The van der Waals surface area contributed by atoms with Crippen molar-refractivity contribution >= 4 is 53.9 Å². The number of imidazole rings is 1. The van der Waals surface area contributed by atoms with Crippen LogP contribution >= 0.6 is 12.4 Å². The van der Waals surface area contributed by atoms with Gasteiger partial charge in [0.15, 0.2) is 11.5 Å². The first-order chi connectivity index (χ1) is 35.4. The molecule has 0 radical (unpaired) electrons. The minimum atomic E-state index is -0.673. The number of carbonyl (C=O) groups excluding carboxylic acids is 4. The Morgan fingerprint density at radius 2 is 1.14 bits per heavy atom. The molecule has 0 unspecified atom stereocenters. The Morgan fingerprint density at radius 3 is 1.55 bits per heavy atom. The Kier molecular flexibility index (Phi) is 21.0. The molecule has 0 atom stereocenters. The molecule has 8 saturated heterocycles. The second kappa shape index (κ2) is 26.6. The van der Waals surface area contributed by atoms with Gasteiger partial charge in [-0.1, -0.05) is 0 Å². The van der Waals surface area contributed by atoms with Crippen LogP contribution in [0.2, 0.25) is 0 Å². The molecule has 8 fully saturated rings. The molecule has 3 aromatic heterocycles. The number of alkyl halides is 4. The fourth-order valence-corrected chi connectivity index (χ4v) is 8.95. The molecule has 25 heteroatoms. The van der Waals surface area contributed by atoms with Gasteiger partial charge in [-0.2, -0.15) is 0 Å². The van der Waals surface area contributed by atoms with Crippen LogP contribution in [0.4, 0.5) is 43.0 Å². The zero-order valence-corrected chi connectivity index (χ0v) is 45.6. The third kappa shape index (κ3) is 18.0. The van der Waals surface area contributed by atoms with Gasteiger partial charge in [-0.15, -0.1) is 12.4 Å². The van der Waals surface area contributed by atoms with E-state index in [0.29, 0.717) is 94.5 Å². The van der Waals surface area contributed by atoms with Crippen LogP contribution in [0.5, 0.6) is 0 Å². The maximum absolute atomic E-state index is 14.2. The lowest BCUT2D eigenvalue weighted by Crippen LogP contribution is -2.58. The molecule has 0 spiro atoms. The lowest BCUT2D eigenvalue weighted by atomic mass is 9.98. The van der Waals surface area contributed by atoms with Crippen LogP contribution in [0.25, 0.3) is 5.65 Å². The second-order valence-electron chi connectivity index (χ2n) is 22.9. The quantitative estimate of drug-likeness (QED) is 0.188. The van der Waals surface area contributed by atoms with Gasteiger partial charge in [-0.3, -0.25) is 19.5 Å². The van der Waals surface area contributed by atoms with E-state index in [4.69, 9.17) is 9.47 Å². The SMILES string of the molecule is CC(C)(C)OC(=O)N1CC(C=O)C1.CC(C)(C)OC(=O)N1CC(CN2CC(F)C2)C1.Cc1cn2cc(NC(=O)c3cnc(N4CC(CN5CC(F)C5)C4)cn3)cc(F)c2n1.Cl.FC1CN(CC2CNC2)C1.FC1CNC1. The van der Waals surface area contributed by atoms with Crippen molar-refractivity contribution in [2.45, 2.75) is 84.4 Å². The van der Waals surface area contributed by atoms with Gasteiger partial charge in [0.05, 0.1) is 29.7 Å². The molecule has 0 aromatic carbocycles. The number of nitrogens with one attached hydrogen (secondary N) is 3. The van der Waals surface area contributed by atoms with E-state index in [0.717, 1.165) is 71.1 Å². The minimum absolute atomic E-state index is 0. The third-order valence-electron chi connectivity index (χ3n) is 13.3. The van der Waals surface area contributed by atoms with Crippen molar-refractivity contribution in [3.63, 3.8) is 0 Å². The van der Waals surface area contributed by atoms with Gasteiger partial charge in [0, 0.05) is 155 Å². The number of hydrogen-bond acceptors (Lipinski definition) is 15. The van der Waals surface area contributed by atoms with Crippen molar-refractivity contribution in [1.82, 2.24) is 54.5 Å². The summed E-state index contributed by atoms with van der Waals surface area (Å²) in [6.45, 7) is 26.9. The van der Waals surface area contributed by atoms with Crippen molar-refractivity contribution in [3.8, 4) is 0 Å². The van der Waals surface area contributed by atoms with Crippen LogP contribution in [0.3, 0.4) is 0 Å². The molecule has 76 heavy (non-hydrogen) atoms. The van der Waals surface area contributed by atoms with E-state index in [1.54, 1.807) is 30.4 Å². The van der Waals surface area contributed by atoms with Crippen molar-refractivity contribution in [2.24, 2.45) is 23.7 Å². The molecular formula is C51H77ClF5N13O6. The first kappa shape index (κ1) is 60.2. The zero-order chi connectivity index (χ0) is 54.2. The van der Waals surface area contributed by atoms with E-state index in [9.17, 15) is 41.1 Å². The number of anilines is 2. The molecule has 3 aromatic rings. The molecular weight excluding hydrogens is 1020 g/mol. The number of ether oxygens (including phenoxy) is 2. The third-order valence-corrected chi connectivity index (χ3v) is 13.3. The summed E-state index contributed by atoms with van der Waals surface area (Å²) < 4.78 is 75.3. The van der Waals surface area contributed by atoms with Crippen molar-refractivity contribution in [3.05, 3.63) is 48.1 Å². The maximum atomic E-state index is 14.2. The Labute approximate surface area is 448 Å². The van der Waals surface area contributed by atoms with Crippen molar-refractivity contribution in [2.75, 3.05) is 135 Å². The molecule has 11 rings (SSSR count). The molecule has 11 heterocycles. The molecule has 0 aliphatic carbocycles. The number of carbonyl (C=O) groups is 4. The van der Waals surface area contributed by atoms with Gasteiger partial charge in [-0.25, -0.2) is 46.5 Å². The molecule has 0 bridgehead atoms. The lowest BCUT2D eigenvalue weighted by Gasteiger charge is -2.45. The van der Waals surface area contributed by atoms with Gasteiger partial charge < -0.3 is 49.3 Å². The average molecular weight is 1100 g/mol. The molecule has 19 nitrogen and oxygen atoms in total. The highest BCUT2D eigenvalue weighted by Crippen LogP contribution is 2.26. The standard InChI is InChI=1S/C20H21F2N7O.C12H21FN2O2.C9H15NO3.C7H13FN2.C3H6FN.ClH/c1-12-5-29-11-15(2-16(22)19(29)25-12)26-20(30)17-3-24-18(4-23-17)28-7-13(8-28)6-27-9-14(21)10-27;1-12(2,3)17-11(16)15-5-9(6-15)4-14-7-10(13)8-14;1-9(2,3)13-8(12)10-4-7(5-10)6-11;8-7-4-10(5-7)3-6-1-9-2-6;4-3-1-5-2-3;/h2-5,11,13-14H,6-10H2,1H3,(H,26,30);9-10H,4-8H2,1-3H3;6-7H,4-5H2,1-3H3;6-7,9H,1-5H2;3,5H,1-2H2;1H. The number of pyridine rings is 1. The van der Waals surface area contributed by atoms with E-state index >= 15 is 0 Å². The van der Waals surface area contributed by atoms with E-state index in [-0.39, 0.29) is 41.9 Å². The number of aryl methyl sites for hydroxylation is 1. The van der Waals surface area contributed by atoms with Gasteiger partial charge in [0.25, 0.3) is 5.91 Å². The molecule has 8 aliphatic heterocycles. The Bertz CT molecular complexity index is 2360. The van der Waals surface area contributed by atoms with Crippen LogP contribution in [-0.2, 0) is 14.3 Å². The van der Waals surface area contributed by atoms with Crippen LogP contribution in [-0.4, -0.2) is 228 Å². The highest BCUT2D eigenvalue weighted by molar-refractivity contribution is 6.02. The summed E-state index contributed by atoms with van der Waals surface area (Å²) in [4.78, 5) is 70.0. The van der Waals surface area contributed by atoms with Crippen LogP contribution < -0.4 is 20.9 Å². The first-order valence-electron chi connectivity index (χ1n) is 26.0. The largest absolute Gasteiger partial charge is 0.444 e. The van der Waals surface area contributed by atoms with Gasteiger partial charge in [-0.05, 0) is 54.4 Å². The number of nitrogens with zero attached hydrogens (tertiary/aromatic N) is 10. The summed E-state index contributed by atoms with van der Waals surface area (Å²) in [6, 6.07) is 1.23. The van der Waals surface area contributed by atoms with E-state index < -0.39 is 47.6 Å². The number of rotatable bonds is 10. The molecule has 3 N–H and O–H groups in total. The summed E-state index contributed by atoms with van der Waals surface area (Å²) >= 11 is 0. The van der Waals surface area contributed by atoms with Crippen molar-refractivity contribution < 1.29 is 50.6 Å². The fraction of sp³-hybridized carbons (Fsp3) is 0.706. The number of likely N-dealkylation sites (tertiary alicyclic amines) is 5. The minimum Gasteiger partial charge on any atom is -0.444 e. The van der Waals surface area contributed by atoms with E-state index in [1.165, 1.54) is 21.6 Å². The molecule has 8 aliphatic rings. The summed E-state index contributed by atoms with van der Waals surface area (Å²) in [5.41, 5.74) is 0.461.